The third-order valence-corrected chi connectivity index (χ3v) is 5.65. The van der Waals surface area contributed by atoms with E-state index in [1.54, 1.807) is 26.0 Å². The van der Waals surface area contributed by atoms with E-state index >= 15 is 0 Å². The molecule has 0 saturated carbocycles. The molecule has 0 unspecified atom stereocenters. The zero-order valence-electron chi connectivity index (χ0n) is 16.9. The highest BCUT2D eigenvalue weighted by molar-refractivity contribution is 7.98. The Morgan fingerprint density at radius 3 is 2.69 bits per heavy atom. The topological polar surface area (TPSA) is 60.4 Å². The van der Waals surface area contributed by atoms with Crippen molar-refractivity contribution >= 4 is 11.8 Å². The fraction of sp³-hybridized carbons (Fsp3) is 0.318. The number of methoxy groups -OCH3 is 2. The van der Waals surface area contributed by atoms with Gasteiger partial charge in [0, 0.05) is 49.6 Å². The number of aromatic nitrogens is 3. The van der Waals surface area contributed by atoms with Gasteiger partial charge in [-0.05, 0) is 36.1 Å². The molecule has 29 heavy (non-hydrogen) atoms. The van der Waals surface area contributed by atoms with Crippen LogP contribution in [0.2, 0.25) is 0 Å². The second-order valence-electron chi connectivity index (χ2n) is 6.91. The van der Waals surface area contributed by atoms with Gasteiger partial charge in [0.05, 0.1) is 25.6 Å². The first-order valence-electron chi connectivity index (χ1n) is 9.48. The summed E-state index contributed by atoms with van der Waals surface area (Å²) in [7, 11) is 3.32. The molecule has 0 fully saturated rings. The summed E-state index contributed by atoms with van der Waals surface area (Å²) < 4.78 is 10.8. The lowest BCUT2D eigenvalue weighted by Crippen LogP contribution is -2.31. The van der Waals surface area contributed by atoms with Gasteiger partial charge in [0.15, 0.2) is 5.16 Å². The lowest BCUT2D eigenvalue weighted by molar-refractivity contribution is 0.242. The Kier molecular flexibility index (Phi) is 5.97. The van der Waals surface area contributed by atoms with Gasteiger partial charge in [-0.3, -0.25) is 9.88 Å². The monoisotopic (exact) mass is 408 g/mol. The van der Waals surface area contributed by atoms with Crippen molar-refractivity contribution in [1.82, 2.24) is 19.9 Å². The van der Waals surface area contributed by atoms with Crippen LogP contribution < -0.4 is 9.47 Å². The molecule has 4 rings (SSSR count). The van der Waals surface area contributed by atoms with Crippen molar-refractivity contribution < 1.29 is 9.47 Å². The highest BCUT2D eigenvalue weighted by atomic mass is 32.2. The fourth-order valence-corrected chi connectivity index (χ4v) is 3.90. The van der Waals surface area contributed by atoms with Crippen LogP contribution in [0, 0.1) is 0 Å². The number of benzene rings is 1. The molecule has 1 aliphatic rings. The van der Waals surface area contributed by atoms with E-state index in [-0.39, 0.29) is 0 Å². The number of ether oxygens (including phenoxy) is 2. The summed E-state index contributed by atoms with van der Waals surface area (Å²) in [5, 5.41) is 0.852. The molecule has 1 aliphatic heterocycles. The zero-order valence-corrected chi connectivity index (χ0v) is 17.7. The minimum atomic E-state index is 0.781. The Balaban J connectivity index is 1.48. The summed E-state index contributed by atoms with van der Waals surface area (Å²) in [6.07, 6.45) is 6.88. The van der Waals surface area contributed by atoms with E-state index in [0.29, 0.717) is 0 Å². The maximum atomic E-state index is 5.48. The Hall–Kier alpha value is -2.64. The van der Waals surface area contributed by atoms with Crippen molar-refractivity contribution in [3.8, 4) is 22.8 Å². The van der Waals surface area contributed by atoms with Crippen LogP contribution in [0.1, 0.15) is 16.8 Å². The molecule has 0 saturated heterocycles. The van der Waals surface area contributed by atoms with E-state index in [2.05, 4.69) is 25.9 Å². The molecule has 0 radical (unpaired) electrons. The summed E-state index contributed by atoms with van der Waals surface area (Å²) in [4.78, 5) is 16.1. The summed E-state index contributed by atoms with van der Waals surface area (Å²) in [6, 6.07) is 9.91. The van der Waals surface area contributed by atoms with Gasteiger partial charge in [-0.2, -0.15) is 0 Å². The average molecular weight is 409 g/mol. The molecule has 3 heterocycles. The van der Waals surface area contributed by atoms with Gasteiger partial charge in [-0.1, -0.05) is 17.8 Å². The smallest absolute Gasteiger partial charge is 0.187 e. The van der Waals surface area contributed by atoms with E-state index in [4.69, 9.17) is 9.47 Å². The third-order valence-electron chi connectivity index (χ3n) is 5.09. The van der Waals surface area contributed by atoms with Crippen LogP contribution in [-0.4, -0.2) is 46.9 Å². The average Bonchev–Trinajstić information content (AvgIpc) is 2.78. The molecular weight excluding hydrogens is 384 g/mol. The van der Waals surface area contributed by atoms with Crippen molar-refractivity contribution in [1.29, 1.82) is 0 Å². The van der Waals surface area contributed by atoms with E-state index in [1.807, 2.05) is 42.9 Å². The normalized spacial score (nSPS) is 13.8. The van der Waals surface area contributed by atoms with Crippen molar-refractivity contribution in [2.45, 2.75) is 24.7 Å². The molecular formula is C22H24N4O2S. The number of pyridine rings is 1. The molecule has 7 heteroatoms. The predicted molar refractivity (Wildman–Crippen MR) is 114 cm³/mol. The number of rotatable bonds is 6. The maximum Gasteiger partial charge on any atom is 0.187 e. The highest BCUT2D eigenvalue weighted by Gasteiger charge is 2.19. The molecule has 1 aromatic carbocycles. The Morgan fingerprint density at radius 2 is 1.97 bits per heavy atom. The van der Waals surface area contributed by atoms with Crippen LogP contribution in [0.3, 0.4) is 0 Å². The van der Waals surface area contributed by atoms with Crippen molar-refractivity contribution in [3.63, 3.8) is 0 Å². The van der Waals surface area contributed by atoms with Crippen LogP contribution in [0.4, 0.5) is 0 Å². The molecule has 0 bridgehead atoms. The summed E-state index contributed by atoms with van der Waals surface area (Å²) >= 11 is 1.59. The van der Waals surface area contributed by atoms with E-state index in [9.17, 15) is 0 Å². The highest BCUT2D eigenvalue weighted by Crippen LogP contribution is 2.32. The molecule has 0 aliphatic carbocycles. The number of nitrogens with zero attached hydrogens (tertiary/aromatic N) is 4. The van der Waals surface area contributed by atoms with Crippen molar-refractivity contribution in [2.24, 2.45) is 0 Å². The van der Waals surface area contributed by atoms with Gasteiger partial charge < -0.3 is 9.47 Å². The standard InChI is InChI=1S/C22H24N4O2S/c1-27-17-5-7-21(28-2)18(10-17)20-6-4-15(11-23-20)13-26-9-8-19-16(14-26)12-24-22(25-19)29-3/h4-7,10-12H,8-9,13-14H2,1-3H3. The largest absolute Gasteiger partial charge is 0.497 e. The van der Waals surface area contributed by atoms with Crippen molar-refractivity contribution in [3.05, 3.63) is 59.5 Å². The first-order chi connectivity index (χ1) is 14.2. The van der Waals surface area contributed by atoms with Crippen molar-refractivity contribution in [2.75, 3.05) is 27.0 Å². The number of thioether (sulfide) groups is 1. The lowest BCUT2D eigenvalue weighted by Gasteiger charge is -2.27. The summed E-state index contributed by atoms with van der Waals surface area (Å²) in [5.74, 6) is 1.56. The second-order valence-corrected chi connectivity index (χ2v) is 7.68. The van der Waals surface area contributed by atoms with E-state index in [0.717, 1.165) is 54.0 Å². The number of hydrogen-bond donors (Lipinski definition) is 0. The molecule has 0 amide bonds. The molecule has 6 nitrogen and oxygen atoms in total. The van der Waals surface area contributed by atoms with Crippen LogP contribution in [-0.2, 0) is 19.5 Å². The first kappa shape index (κ1) is 19.7. The molecule has 0 N–H and O–H groups in total. The van der Waals surface area contributed by atoms with Gasteiger partial charge in [0.25, 0.3) is 0 Å². The van der Waals surface area contributed by atoms with Gasteiger partial charge in [0.1, 0.15) is 11.5 Å². The predicted octanol–water partition coefficient (Wildman–Crippen LogP) is 3.84. The van der Waals surface area contributed by atoms with E-state index < -0.39 is 0 Å². The SMILES string of the molecule is COc1ccc(OC)c(-c2ccc(CN3CCc4nc(SC)ncc4C3)cn2)c1. The second kappa shape index (κ2) is 8.80. The summed E-state index contributed by atoms with van der Waals surface area (Å²) in [5.41, 5.74) is 5.37. The van der Waals surface area contributed by atoms with Crippen LogP contribution in [0.15, 0.2) is 47.9 Å². The van der Waals surface area contributed by atoms with Gasteiger partial charge in [-0.25, -0.2) is 9.97 Å². The minimum Gasteiger partial charge on any atom is -0.497 e. The Bertz CT molecular complexity index is 995. The number of hydrogen-bond acceptors (Lipinski definition) is 7. The molecule has 2 aromatic heterocycles. The molecule has 0 spiro atoms. The van der Waals surface area contributed by atoms with Crippen LogP contribution in [0.5, 0.6) is 11.5 Å². The molecule has 3 aromatic rings. The molecule has 0 atom stereocenters. The Morgan fingerprint density at radius 1 is 1.07 bits per heavy atom. The van der Waals surface area contributed by atoms with Crippen LogP contribution >= 0.6 is 11.8 Å². The third kappa shape index (κ3) is 4.36. The summed E-state index contributed by atoms with van der Waals surface area (Å²) in [6.45, 7) is 2.71. The number of fused-ring (bicyclic) bond motifs is 1. The van der Waals surface area contributed by atoms with E-state index in [1.165, 1.54) is 16.8 Å². The first-order valence-corrected chi connectivity index (χ1v) is 10.7. The maximum absolute atomic E-state index is 5.48. The van der Waals surface area contributed by atoms with Gasteiger partial charge in [0.2, 0.25) is 0 Å². The lowest BCUT2D eigenvalue weighted by atomic mass is 10.1. The van der Waals surface area contributed by atoms with Crippen LogP contribution in [0.25, 0.3) is 11.3 Å². The fourth-order valence-electron chi connectivity index (χ4n) is 3.54. The van der Waals surface area contributed by atoms with Gasteiger partial charge >= 0.3 is 0 Å². The zero-order chi connectivity index (χ0) is 20.2. The quantitative estimate of drug-likeness (QED) is 0.454. The molecule has 150 valence electrons. The van der Waals surface area contributed by atoms with Gasteiger partial charge in [-0.15, -0.1) is 0 Å². The minimum absolute atomic E-state index is 0.781. The Labute approximate surface area is 175 Å².